The van der Waals surface area contributed by atoms with Gasteiger partial charge in [-0.25, -0.2) is 4.79 Å². The number of anilines is 1. The number of piperidine rings is 1. The second-order valence-corrected chi connectivity index (χ2v) is 10.2. The third-order valence-corrected chi connectivity index (χ3v) is 6.15. The number of aromatic nitrogens is 1. The first-order valence-corrected chi connectivity index (χ1v) is 12.2. The Kier molecular flexibility index (Phi) is 7.43. The molecule has 1 amide bonds. The van der Waals surface area contributed by atoms with Crippen LogP contribution in [0.15, 0.2) is 42.6 Å². The van der Waals surface area contributed by atoms with E-state index in [-0.39, 0.29) is 6.09 Å². The lowest BCUT2D eigenvalue weighted by molar-refractivity contribution is 0.0164. The molecule has 0 bridgehead atoms. The lowest BCUT2D eigenvalue weighted by Crippen LogP contribution is -2.42. The van der Waals surface area contributed by atoms with E-state index in [9.17, 15) is 4.79 Å². The molecule has 2 heterocycles. The van der Waals surface area contributed by atoms with Crippen LogP contribution in [0.1, 0.15) is 39.2 Å². The van der Waals surface area contributed by atoms with Gasteiger partial charge in [0, 0.05) is 36.4 Å². The van der Waals surface area contributed by atoms with Crippen LogP contribution in [0, 0.1) is 12.8 Å². The zero-order valence-electron chi connectivity index (χ0n) is 21.7. The molecule has 0 unspecified atom stereocenters. The number of amides is 1. The lowest BCUT2D eigenvalue weighted by Gasteiger charge is -2.33. The summed E-state index contributed by atoms with van der Waals surface area (Å²) < 4.78 is 23.5. The van der Waals surface area contributed by atoms with Gasteiger partial charge in [-0.05, 0) is 82.3 Å². The van der Waals surface area contributed by atoms with Gasteiger partial charge >= 0.3 is 6.09 Å². The van der Waals surface area contributed by atoms with Crippen molar-refractivity contribution in [1.82, 2.24) is 9.88 Å². The second-order valence-electron chi connectivity index (χ2n) is 10.2. The van der Waals surface area contributed by atoms with Crippen LogP contribution in [0.2, 0.25) is 0 Å². The number of nitrogen functional groups attached to an aromatic ring is 1. The second kappa shape index (κ2) is 10.5. The van der Waals surface area contributed by atoms with Crippen molar-refractivity contribution in [3.63, 3.8) is 0 Å². The SMILES string of the molecule is COc1cc2c(Oc3ccc(N)cc3C)ccnc2cc1OCC1CCN(C(=O)OC(C)(C)C)CC1. The minimum absolute atomic E-state index is 0.253. The Labute approximate surface area is 212 Å². The van der Waals surface area contributed by atoms with Gasteiger partial charge in [0.05, 0.1) is 19.2 Å². The fourth-order valence-corrected chi connectivity index (χ4v) is 4.21. The number of hydrogen-bond acceptors (Lipinski definition) is 7. The largest absolute Gasteiger partial charge is 0.493 e. The summed E-state index contributed by atoms with van der Waals surface area (Å²) in [5, 5.41) is 0.823. The molecule has 1 saturated heterocycles. The molecule has 8 nitrogen and oxygen atoms in total. The van der Waals surface area contributed by atoms with Gasteiger partial charge in [-0.3, -0.25) is 4.98 Å². The highest BCUT2D eigenvalue weighted by atomic mass is 16.6. The maximum absolute atomic E-state index is 12.3. The molecule has 1 aliphatic heterocycles. The molecule has 0 radical (unpaired) electrons. The van der Waals surface area contributed by atoms with Crippen molar-refractivity contribution in [1.29, 1.82) is 0 Å². The van der Waals surface area contributed by atoms with Gasteiger partial charge < -0.3 is 29.6 Å². The van der Waals surface area contributed by atoms with Gasteiger partial charge in [-0.1, -0.05) is 0 Å². The Hall–Kier alpha value is -3.68. The summed E-state index contributed by atoms with van der Waals surface area (Å²) in [6.45, 7) is 9.45. The van der Waals surface area contributed by atoms with Crippen molar-refractivity contribution in [2.45, 2.75) is 46.1 Å². The number of benzene rings is 2. The molecule has 0 saturated carbocycles. The van der Waals surface area contributed by atoms with Gasteiger partial charge in [-0.15, -0.1) is 0 Å². The summed E-state index contributed by atoms with van der Waals surface area (Å²) in [4.78, 5) is 18.6. The third-order valence-electron chi connectivity index (χ3n) is 6.15. The number of carbonyl (C=O) groups excluding carboxylic acids is 1. The van der Waals surface area contributed by atoms with E-state index in [1.807, 2.05) is 64.1 Å². The van der Waals surface area contributed by atoms with Crippen LogP contribution in [0.3, 0.4) is 0 Å². The van der Waals surface area contributed by atoms with Crippen LogP contribution in [0.4, 0.5) is 10.5 Å². The standard InChI is InChI=1S/C28H35N3O5/c1-18-14-20(29)6-7-23(18)35-24-8-11-30-22-16-26(25(33-5)15-21(22)24)34-17-19-9-12-31(13-10-19)27(32)36-28(2,3)4/h6-8,11,14-16,19H,9-10,12-13,17,29H2,1-5H3. The number of aryl methyl sites for hydroxylation is 1. The molecule has 36 heavy (non-hydrogen) atoms. The van der Waals surface area contributed by atoms with Gasteiger partial charge in [0.25, 0.3) is 0 Å². The van der Waals surface area contributed by atoms with Crippen molar-refractivity contribution >= 4 is 22.7 Å². The molecule has 1 aliphatic rings. The van der Waals surface area contributed by atoms with Gasteiger partial charge in [0.2, 0.25) is 0 Å². The number of ether oxygens (including phenoxy) is 4. The van der Waals surface area contributed by atoms with Crippen LogP contribution < -0.4 is 19.9 Å². The average Bonchev–Trinajstić information content (AvgIpc) is 2.83. The molecule has 1 fully saturated rings. The van der Waals surface area contributed by atoms with E-state index < -0.39 is 5.60 Å². The summed E-state index contributed by atoms with van der Waals surface area (Å²) in [7, 11) is 1.62. The first-order valence-electron chi connectivity index (χ1n) is 12.2. The Morgan fingerprint density at radius 1 is 1.06 bits per heavy atom. The van der Waals surface area contributed by atoms with Crippen LogP contribution in [0.25, 0.3) is 10.9 Å². The zero-order chi connectivity index (χ0) is 25.9. The molecule has 0 spiro atoms. The van der Waals surface area contributed by atoms with Crippen LogP contribution in [0.5, 0.6) is 23.0 Å². The molecule has 2 N–H and O–H groups in total. The normalized spacial score (nSPS) is 14.5. The Bertz CT molecular complexity index is 1230. The smallest absolute Gasteiger partial charge is 0.410 e. The molecule has 192 valence electrons. The van der Waals surface area contributed by atoms with E-state index in [2.05, 4.69) is 4.98 Å². The first kappa shape index (κ1) is 25.4. The maximum Gasteiger partial charge on any atom is 0.410 e. The minimum Gasteiger partial charge on any atom is -0.493 e. The van der Waals surface area contributed by atoms with E-state index >= 15 is 0 Å². The summed E-state index contributed by atoms with van der Waals surface area (Å²) in [5.41, 5.74) is 7.77. The maximum atomic E-state index is 12.3. The Morgan fingerprint density at radius 2 is 1.81 bits per heavy atom. The Balaban J connectivity index is 1.44. The van der Waals surface area contributed by atoms with Gasteiger partial charge in [0.1, 0.15) is 17.1 Å². The summed E-state index contributed by atoms with van der Waals surface area (Å²) >= 11 is 0. The van der Waals surface area contributed by atoms with E-state index in [4.69, 9.17) is 24.7 Å². The number of rotatable bonds is 6. The van der Waals surface area contributed by atoms with Gasteiger partial charge in [0.15, 0.2) is 11.5 Å². The number of methoxy groups -OCH3 is 1. The average molecular weight is 494 g/mol. The Morgan fingerprint density at radius 3 is 2.47 bits per heavy atom. The highest BCUT2D eigenvalue weighted by Crippen LogP contribution is 2.38. The van der Waals surface area contributed by atoms with Crippen LogP contribution in [-0.4, -0.2) is 48.4 Å². The van der Waals surface area contributed by atoms with Crippen molar-refractivity contribution in [3.05, 3.63) is 48.2 Å². The number of nitrogens with two attached hydrogens (primary N) is 1. The van der Waals surface area contributed by atoms with Crippen LogP contribution >= 0.6 is 0 Å². The quantitative estimate of drug-likeness (QED) is 0.424. The molecule has 2 aromatic carbocycles. The third kappa shape index (κ3) is 6.11. The van der Waals surface area contributed by atoms with E-state index in [0.29, 0.717) is 48.6 Å². The molecule has 0 aliphatic carbocycles. The summed E-state index contributed by atoms with van der Waals surface area (Å²) in [6.07, 6.45) is 3.17. The monoisotopic (exact) mass is 493 g/mol. The molecule has 8 heteroatoms. The molecule has 0 atom stereocenters. The fourth-order valence-electron chi connectivity index (χ4n) is 4.21. The van der Waals surface area contributed by atoms with E-state index in [1.165, 1.54) is 0 Å². The summed E-state index contributed by atoms with van der Waals surface area (Å²) in [6, 6.07) is 11.2. The number of hydrogen-bond donors (Lipinski definition) is 1. The molecular weight excluding hydrogens is 458 g/mol. The van der Waals surface area contributed by atoms with E-state index in [0.717, 1.165) is 35.1 Å². The predicted octanol–water partition coefficient (Wildman–Crippen LogP) is 5.95. The molecule has 1 aromatic heterocycles. The van der Waals surface area contributed by atoms with Crippen molar-refractivity contribution in [2.75, 3.05) is 32.5 Å². The highest BCUT2D eigenvalue weighted by molar-refractivity contribution is 5.88. The highest BCUT2D eigenvalue weighted by Gasteiger charge is 2.27. The topological polar surface area (TPSA) is 96.1 Å². The van der Waals surface area contributed by atoms with Crippen molar-refractivity contribution < 1.29 is 23.7 Å². The lowest BCUT2D eigenvalue weighted by atomic mass is 9.98. The molecule has 4 rings (SSSR count). The zero-order valence-corrected chi connectivity index (χ0v) is 21.7. The predicted molar refractivity (Wildman–Crippen MR) is 140 cm³/mol. The number of likely N-dealkylation sites (tertiary alicyclic amines) is 1. The van der Waals surface area contributed by atoms with E-state index in [1.54, 1.807) is 18.2 Å². The van der Waals surface area contributed by atoms with Crippen molar-refractivity contribution in [2.24, 2.45) is 5.92 Å². The number of carbonyl (C=O) groups is 1. The fraction of sp³-hybridized carbons (Fsp3) is 0.429. The molecule has 3 aromatic rings. The number of fused-ring (bicyclic) bond motifs is 1. The minimum atomic E-state index is -0.490. The molecular formula is C28H35N3O5. The number of nitrogens with zero attached hydrogens (tertiary/aromatic N) is 2. The van der Waals surface area contributed by atoms with Crippen LogP contribution in [-0.2, 0) is 4.74 Å². The van der Waals surface area contributed by atoms with Crippen molar-refractivity contribution in [3.8, 4) is 23.0 Å². The number of pyridine rings is 1. The van der Waals surface area contributed by atoms with Gasteiger partial charge in [-0.2, -0.15) is 0 Å². The first-order chi connectivity index (χ1) is 17.1. The summed E-state index contributed by atoms with van der Waals surface area (Å²) in [5.74, 6) is 2.98.